The van der Waals surface area contributed by atoms with Crippen LogP contribution < -0.4 is 14.8 Å². The number of anilines is 1. The van der Waals surface area contributed by atoms with Crippen LogP contribution in [0.4, 0.5) is 5.69 Å². The second-order valence-corrected chi connectivity index (χ2v) is 6.18. The third-order valence-corrected chi connectivity index (χ3v) is 3.69. The predicted octanol–water partition coefficient (Wildman–Crippen LogP) is 3.68. The van der Waals surface area contributed by atoms with Crippen molar-refractivity contribution in [2.24, 2.45) is 0 Å². The maximum Gasteiger partial charge on any atom is 0.341 e. The van der Waals surface area contributed by atoms with Gasteiger partial charge >= 0.3 is 5.97 Å². The lowest BCUT2D eigenvalue weighted by atomic mass is 10.0. The van der Waals surface area contributed by atoms with E-state index in [-0.39, 0.29) is 5.91 Å². The average molecular weight is 357 g/mol. The number of nitrogens with one attached hydrogen (secondary N) is 1. The van der Waals surface area contributed by atoms with Gasteiger partial charge in [-0.3, -0.25) is 4.79 Å². The Hall–Kier alpha value is -3.02. The van der Waals surface area contributed by atoms with Crippen molar-refractivity contribution in [1.29, 1.82) is 0 Å². The Kier molecular flexibility index (Phi) is 6.60. The molecule has 1 unspecified atom stereocenters. The van der Waals surface area contributed by atoms with Crippen molar-refractivity contribution in [2.45, 2.75) is 32.8 Å². The summed E-state index contributed by atoms with van der Waals surface area (Å²) in [6.45, 7) is 5.46. The molecule has 0 heterocycles. The zero-order chi connectivity index (χ0) is 19.1. The summed E-state index contributed by atoms with van der Waals surface area (Å²) in [5.74, 6) is 0.120. The van der Waals surface area contributed by atoms with E-state index in [0.29, 0.717) is 23.1 Å². The van der Waals surface area contributed by atoms with E-state index in [2.05, 4.69) is 19.2 Å². The van der Waals surface area contributed by atoms with E-state index in [9.17, 15) is 9.59 Å². The Morgan fingerprint density at radius 1 is 1.04 bits per heavy atom. The van der Waals surface area contributed by atoms with Crippen molar-refractivity contribution in [2.75, 3.05) is 11.9 Å². The molecule has 1 amide bonds. The first kappa shape index (κ1) is 19.3. The topological polar surface area (TPSA) is 84.9 Å². The van der Waals surface area contributed by atoms with Gasteiger partial charge in [0.2, 0.25) is 0 Å². The summed E-state index contributed by atoms with van der Waals surface area (Å²) < 4.78 is 10.8. The Balaban J connectivity index is 1.92. The van der Waals surface area contributed by atoms with Crippen LogP contribution in [0.5, 0.6) is 11.5 Å². The first-order valence-corrected chi connectivity index (χ1v) is 8.37. The number of ether oxygens (including phenoxy) is 2. The Bertz CT molecular complexity index is 755. The molecule has 26 heavy (non-hydrogen) atoms. The van der Waals surface area contributed by atoms with Crippen LogP contribution in [0.1, 0.15) is 32.3 Å². The average Bonchev–Trinajstić information content (AvgIpc) is 2.61. The van der Waals surface area contributed by atoms with Gasteiger partial charge in [0.05, 0.1) is 0 Å². The fraction of sp³-hybridized carbons (Fsp3) is 0.300. The van der Waals surface area contributed by atoms with Crippen LogP contribution >= 0.6 is 0 Å². The number of hydrogen-bond acceptors (Lipinski definition) is 4. The molecule has 2 aromatic rings. The van der Waals surface area contributed by atoms with Gasteiger partial charge in [-0.05, 0) is 54.8 Å². The molecule has 6 nitrogen and oxygen atoms in total. The lowest BCUT2D eigenvalue weighted by molar-refractivity contribution is -0.139. The number of carboxylic acids is 1. The summed E-state index contributed by atoms with van der Waals surface area (Å²) in [5.41, 5.74) is 1.72. The van der Waals surface area contributed by atoms with E-state index >= 15 is 0 Å². The summed E-state index contributed by atoms with van der Waals surface area (Å²) >= 11 is 0. The fourth-order valence-corrected chi connectivity index (χ4v) is 2.23. The number of rotatable bonds is 8. The molecular formula is C20H23NO5. The normalized spacial score (nSPS) is 11.7. The molecule has 6 heteroatoms. The Morgan fingerprint density at radius 2 is 1.73 bits per heavy atom. The largest absolute Gasteiger partial charge is 0.482 e. The summed E-state index contributed by atoms with van der Waals surface area (Å²) in [6.07, 6.45) is -0.666. The Labute approximate surface area is 152 Å². The minimum Gasteiger partial charge on any atom is -0.482 e. The van der Waals surface area contributed by atoms with Crippen LogP contribution in [0.3, 0.4) is 0 Å². The second kappa shape index (κ2) is 8.89. The first-order chi connectivity index (χ1) is 12.3. The van der Waals surface area contributed by atoms with Crippen molar-refractivity contribution in [3.05, 3.63) is 54.1 Å². The highest BCUT2D eigenvalue weighted by molar-refractivity contribution is 5.94. The highest BCUT2D eigenvalue weighted by Crippen LogP contribution is 2.21. The summed E-state index contributed by atoms with van der Waals surface area (Å²) in [6, 6.07) is 14.2. The van der Waals surface area contributed by atoms with Gasteiger partial charge in [-0.25, -0.2) is 4.79 Å². The minimum atomic E-state index is -1.05. The number of hydrogen-bond donors (Lipinski definition) is 2. The molecule has 0 aromatic heterocycles. The van der Waals surface area contributed by atoms with Gasteiger partial charge in [0, 0.05) is 5.69 Å². The lowest BCUT2D eigenvalue weighted by Crippen LogP contribution is -2.30. The number of carbonyl (C=O) groups is 2. The molecule has 2 N–H and O–H groups in total. The van der Waals surface area contributed by atoms with E-state index < -0.39 is 18.7 Å². The zero-order valence-electron chi connectivity index (χ0n) is 15.1. The molecule has 0 aliphatic rings. The van der Waals surface area contributed by atoms with Crippen LogP contribution in [0.25, 0.3) is 0 Å². The van der Waals surface area contributed by atoms with Gasteiger partial charge in [-0.1, -0.05) is 26.0 Å². The highest BCUT2D eigenvalue weighted by atomic mass is 16.5. The third-order valence-electron chi connectivity index (χ3n) is 3.69. The number of carboxylic acid groups (broad SMARTS) is 1. The number of aliphatic carboxylic acids is 1. The number of carbonyl (C=O) groups excluding carboxylic acids is 1. The maximum atomic E-state index is 12.3. The molecule has 0 radical (unpaired) electrons. The molecule has 0 aliphatic carbocycles. The number of amides is 1. The molecule has 1 atom stereocenters. The summed E-state index contributed by atoms with van der Waals surface area (Å²) in [5, 5.41) is 11.3. The van der Waals surface area contributed by atoms with E-state index in [1.54, 1.807) is 31.2 Å². The fourth-order valence-electron chi connectivity index (χ4n) is 2.23. The van der Waals surface area contributed by atoms with Gasteiger partial charge in [-0.15, -0.1) is 0 Å². The second-order valence-electron chi connectivity index (χ2n) is 6.18. The van der Waals surface area contributed by atoms with Crippen molar-refractivity contribution >= 4 is 17.6 Å². The molecule has 0 saturated carbocycles. The van der Waals surface area contributed by atoms with Gasteiger partial charge in [0.1, 0.15) is 11.5 Å². The van der Waals surface area contributed by atoms with E-state index in [0.717, 1.165) is 5.56 Å². The van der Waals surface area contributed by atoms with Gasteiger partial charge in [0.25, 0.3) is 5.91 Å². The first-order valence-electron chi connectivity index (χ1n) is 8.37. The molecule has 0 spiro atoms. The highest BCUT2D eigenvalue weighted by Gasteiger charge is 2.15. The SMILES string of the molecule is CC(Oc1cccc(C(C)C)c1)C(=O)Nc1ccc(OCC(=O)O)cc1. The van der Waals surface area contributed by atoms with Crippen LogP contribution in [-0.2, 0) is 9.59 Å². The molecule has 0 saturated heterocycles. The van der Waals surface area contributed by atoms with Gasteiger partial charge < -0.3 is 19.9 Å². The van der Waals surface area contributed by atoms with Crippen LogP contribution in [0, 0.1) is 0 Å². The summed E-state index contributed by atoms with van der Waals surface area (Å²) in [4.78, 5) is 22.8. The monoisotopic (exact) mass is 357 g/mol. The van der Waals surface area contributed by atoms with Crippen molar-refractivity contribution in [1.82, 2.24) is 0 Å². The molecular weight excluding hydrogens is 334 g/mol. The third kappa shape index (κ3) is 5.81. The molecule has 138 valence electrons. The van der Waals surface area contributed by atoms with Crippen molar-refractivity contribution in [3.8, 4) is 11.5 Å². The predicted molar refractivity (Wildman–Crippen MR) is 98.8 cm³/mol. The standard InChI is InChI=1S/C20H23NO5/c1-13(2)15-5-4-6-18(11-15)26-14(3)20(24)21-16-7-9-17(10-8-16)25-12-19(22)23/h4-11,13-14H,12H2,1-3H3,(H,21,24)(H,22,23). The molecule has 2 aromatic carbocycles. The van der Waals surface area contributed by atoms with Gasteiger partial charge in [-0.2, -0.15) is 0 Å². The maximum absolute atomic E-state index is 12.3. The van der Waals surface area contributed by atoms with Gasteiger partial charge in [0.15, 0.2) is 12.7 Å². The van der Waals surface area contributed by atoms with Crippen LogP contribution in [0.15, 0.2) is 48.5 Å². The van der Waals surface area contributed by atoms with E-state index in [1.807, 2.05) is 24.3 Å². The molecule has 0 fully saturated rings. The summed E-state index contributed by atoms with van der Waals surface area (Å²) in [7, 11) is 0. The molecule has 2 rings (SSSR count). The van der Waals surface area contributed by atoms with Crippen molar-refractivity contribution in [3.63, 3.8) is 0 Å². The lowest BCUT2D eigenvalue weighted by Gasteiger charge is -2.16. The Morgan fingerprint density at radius 3 is 2.35 bits per heavy atom. The van der Waals surface area contributed by atoms with Crippen LogP contribution in [0.2, 0.25) is 0 Å². The number of benzene rings is 2. The van der Waals surface area contributed by atoms with Crippen molar-refractivity contribution < 1.29 is 24.2 Å². The van der Waals surface area contributed by atoms with E-state index in [4.69, 9.17) is 14.6 Å². The smallest absolute Gasteiger partial charge is 0.341 e. The minimum absolute atomic E-state index is 0.279. The van der Waals surface area contributed by atoms with Crippen LogP contribution in [-0.4, -0.2) is 29.7 Å². The molecule has 0 aliphatic heterocycles. The van der Waals surface area contributed by atoms with E-state index in [1.165, 1.54) is 0 Å². The molecule has 0 bridgehead atoms. The zero-order valence-corrected chi connectivity index (χ0v) is 15.1. The quantitative estimate of drug-likeness (QED) is 0.753.